The lowest BCUT2D eigenvalue weighted by Gasteiger charge is -2.26. The first-order chi connectivity index (χ1) is 9.86. The van der Waals surface area contributed by atoms with Crippen molar-refractivity contribution in [3.63, 3.8) is 0 Å². The molecule has 0 unspecified atom stereocenters. The van der Waals surface area contributed by atoms with E-state index in [0.29, 0.717) is 32.4 Å². The SMILES string of the molecule is COCCN(CC(=O)N(C)C)C(=O)[C@@H]1CC[C@H](C(=O)O)C1. The molecule has 2 atom stereocenters. The second-order valence-corrected chi connectivity index (χ2v) is 5.59. The summed E-state index contributed by atoms with van der Waals surface area (Å²) in [7, 11) is 4.81. The highest BCUT2D eigenvalue weighted by Crippen LogP contribution is 2.32. The number of aliphatic carboxylic acids is 1. The molecule has 7 heteroatoms. The Labute approximate surface area is 124 Å². The van der Waals surface area contributed by atoms with E-state index < -0.39 is 11.9 Å². The van der Waals surface area contributed by atoms with Crippen LogP contribution in [0.3, 0.4) is 0 Å². The molecule has 1 fully saturated rings. The van der Waals surface area contributed by atoms with Gasteiger partial charge in [0.05, 0.1) is 19.1 Å². The van der Waals surface area contributed by atoms with Gasteiger partial charge in [-0.3, -0.25) is 14.4 Å². The summed E-state index contributed by atoms with van der Waals surface area (Å²) in [6.45, 7) is 0.689. The van der Waals surface area contributed by atoms with Crippen LogP contribution in [0.1, 0.15) is 19.3 Å². The molecule has 1 saturated carbocycles. The highest BCUT2D eigenvalue weighted by atomic mass is 16.5. The number of rotatable bonds is 7. The van der Waals surface area contributed by atoms with Crippen LogP contribution in [0.4, 0.5) is 0 Å². The van der Waals surface area contributed by atoms with Gasteiger partial charge in [0.15, 0.2) is 0 Å². The van der Waals surface area contributed by atoms with Gasteiger partial charge in [-0.1, -0.05) is 0 Å². The molecule has 0 aromatic rings. The normalized spacial score (nSPS) is 21.1. The van der Waals surface area contributed by atoms with Crippen LogP contribution in [-0.4, -0.2) is 73.6 Å². The monoisotopic (exact) mass is 300 g/mol. The van der Waals surface area contributed by atoms with Crippen molar-refractivity contribution in [2.45, 2.75) is 19.3 Å². The van der Waals surface area contributed by atoms with Crippen LogP contribution in [0.15, 0.2) is 0 Å². The minimum atomic E-state index is -0.849. The standard InChI is InChI=1S/C14H24N2O5/c1-15(2)12(17)9-16(6-7-21-3)13(18)10-4-5-11(8-10)14(19)20/h10-11H,4-9H2,1-3H3,(H,19,20)/t10-,11+/m1/s1. The molecule has 0 aromatic carbocycles. The van der Waals surface area contributed by atoms with Crippen LogP contribution in [0.5, 0.6) is 0 Å². The highest BCUT2D eigenvalue weighted by molar-refractivity contribution is 5.86. The van der Waals surface area contributed by atoms with Gasteiger partial charge in [-0.25, -0.2) is 0 Å². The fraction of sp³-hybridized carbons (Fsp3) is 0.786. The number of carbonyl (C=O) groups excluding carboxylic acids is 2. The second kappa shape index (κ2) is 7.97. The van der Waals surface area contributed by atoms with Crippen molar-refractivity contribution in [3.05, 3.63) is 0 Å². The Balaban J connectivity index is 2.67. The summed E-state index contributed by atoms with van der Waals surface area (Å²) in [5.41, 5.74) is 0. The van der Waals surface area contributed by atoms with Crippen LogP contribution >= 0.6 is 0 Å². The zero-order valence-corrected chi connectivity index (χ0v) is 12.9. The van der Waals surface area contributed by atoms with Gasteiger partial charge in [0, 0.05) is 33.7 Å². The molecule has 1 rings (SSSR count). The molecular formula is C14H24N2O5. The van der Waals surface area contributed by atoms with Crippen LogP contribution in [0.25, 0.3) is 0 Å². The largest absolute Gasteiger partial charge is 0.481 e. The molecule has 0 aliphatic heterocycles. The van der Waals surface area contributed by atoms with E-state index in [2.05, 4.69) is 0 Å². The quantitative estimate of drug-likeness (QED) is 0.718. The highest BCUT2D eigenvalue weighted by Gasteiger charge is 2.36. The number of carbonyl (C=O) groups is 3. The van der Waals surface area contributed by atoms with Crippen molar-refractivity contribution in [1.29, 1.82) is 0 Å². The molecule has 0 spiro atoms. The Morgan fingerprint density at radius 2 is 1.81 bits per heavy atom. The number of methoxy groups -OCH3 is 1. The smallest absolute Gasteiger partial charge is 0.306 e. The van der Waals surface area contributed by atoms with Crippen LogP contribution in [0, 0.1) is 11.8 Å². The number of nitrogens with zero attached hydrogens (tertiary/aromatic N) is 2. The third-order valence-electron chi connectivity index (χ3n) is 3.83. The van der Waals surface area contributed by atoms with Crippen LogP contribution in [0.2, 0.25) is 0 Å². The van der Waals surface area contributed by atoms with E-state index >= 15 is 0 Å². The fourth-order valence-electron chi connectivity index (χ4n) is 2.46. The number of carboxylic acid groups (broad SMARTS) is 1. The molecule has 7 nitrogen and oxygen atoms in total. The van der Waals surface area contributed by atoms with Gasteiger partial charge in [0.2, 0.25) is 11.8 Å². The summed E-state index contributed by atoms with van der Waals surface area (Å²) in [4.78, 5) is 38.2. The van der Waals surface area contributed by atoms with Gasteiger partial charge in [-0.2, -0.15) is 0 Å². The molecule has 0 radical (unpaired) electrons. The number of hydrogen-bond acceptors (Lipinski definition) is 4. The lowest BCUT2D eigenvalue weighted by Crippen LogP contribution is -2.44. The van der Waals surface area contributed by atoms with E-state index in [-0.39, 0.29) is 24.3 Å². The maximum atomic E-state index is 12.5. The summed E-state index contributed by atoms with van der Waals surface area (Å²) >= 11 is 0. The minimum absolute atomic E-state index is 0.00340. The molecular weight excluding hydrogens is 276 g/mol. The summed E-state index contributed by atoms with van der Waals surface area (Å²) < 4.78 is 4.97. The van der Waals surface area contributed by atoms with Crippen molar-refractivity contribution in [2.75, 3.05) is 40.9 Å². The minimum Gasteiger partial charge on any atom is -0.481 e. The zero-order valence-electron chi connectivity index (χ0n) is 12.9. The third-order valence-corrected chi connectivity index (χ3v) is 3.83. The molecule has 2 amide bonds. The van der Waals surface area contributed by atoms with Gasteiger partial charge in [-0.15, -0.1) is 0 Å². The zero-order chi connectivity index (χ0) is 16.0. The number of carboxylic acids is 1. The molecule has 0 saturated heterocycles. The van der Waals surface area contributed by atoms with E-state index in [1.54, 1.807) is 14.1 Å². The summed E-state index contributed by atoms with van der Waals surface area (Å²) in [5.74, 6) is -1.91. The van der Waals surface area contributed by atoms with Crippen LogP contribution in [-0.2, 0) is 19.1 Å². The van der Waals surface area contributed by atoms with Gasteiger partial charge in [0.25, 0.3) is 0 Å². The first-order valence-electron chi connectivity index (χ1n) is 7.07. The Morgan fingerprint density at radius 1 is 1.19 bits per heavy atom. The summed E-state index contributed by atoms with van der Waals surface area (Å²) in [5, 5.41) is 9.01. The first-order valence-corrected chi connectivity index (χ1v) is 7.07. The van der Waals surface area contributed by atoms with Gasteiger partial charge >= 0.3 is 5.97 Å². The van der Waals surface area contributed by atoms with Gasteiger partial charge in [-0.05, 0) is 19.3 Å². The molecule has 1 aliphatic carbocycles. The van der Waals surface area contributed by atoms with E-state index in [1.807, 2.05) is 0 Å². The maximum Gasteiger partial charge on any atom is 0.306 e. The summed E-state index contributed by atoms with van der Waals surface area (Å²) in [6, 6.07) is 0. The number of amides is 2. The molecule has 0 bridgehead atoms. The number of hydrogen-bond donors (Lipinski definition) is 1. The molecule has 120 valence electrons. The van der Waals surface area contributed by atoms with Crippen molar-refractivity contribution >= 4 is 17.8 Å². The Kier molecular flexibility index (Phi) is 6.61. The molecule has 0 heterocycles. The average Bonchev–Trinajstić information content (AvgIpc) is 2.92. The van der Waals surface area contributed by atoms with E-state index in [9.17, 15) is 14.4 Å². The lowest BCUT2D eigenvalue weighted by atomic mass is 10.0. The topological polar surface area (TPSA) is 87.2 Å². The number of likely N-dealkylation sites (N-methyl/N-ethyl adjacent to an activating group) is 1. The second-order valence-electron chi connectivity index (χ2n) is 5.59. The van der Waals surface area contributed by atoms with Gasteiger partial charge in [0.1, 0.15) is 0 Å². The predicted octanol–water partition coefficient (Wildman–Crippen LogP) is 0.0505. The van der Waals surface area contributed by atoms with Crippen molar-refractivity contribution in [2.24, 2.45) is 11.8 Å². The molecule has 21 heavy (non-hydrogen) atoms. The average molecular weight is 300 g/mol. The molecule has 0 aromatic heterocycles. The van der Waals surface area contributed by atoms with Gasteiger partial charge < -0.3 is 19.6 Å². The van der Waals surface area contributed by atoms with Crippen molar-refractivity contribution in [3.8, 4) is 0 Å². The number of ether oxygens (including phenoxy) is 1. The summed E-state index contributed by atoms with van der Waals surface area (Å²) in [6.07, 6.45) is 1.44. The Morgan fingerprint density at radius 3 is 2.29 bits per heavy atom. The van der Waals surface area contributed by atoms with E-state index in [4.69, 9.17) is 9.84 Å². The predicted molar refractivity (Wildman–Crippen MR) is 75.6 cm³/mol. The first kappa shape index (κ1) is 17.4. The fourth-order valence-corrected chi connectivity index (χ4v) is 2.46. The Hall–Kier alpha value is -1.63. The maximum absolute atomic E-state index is 12.5. The third kappa shape index (κ3) is 5.00. The van der Waals surface area contributed by atoms with Crippen LogP contribution < -0.4 is 0 Å². The van der Waals surface area contributed by atoms with E-state index in [1.165, 1.54) is 16.9 Å². The molecule has 1 aliphatic rings. The van der Waals surface area contributed by atoms with Crippen molar-refractivity contribution in [1.82, 2.24) is 9.80 Å². The van der Waals surface area contributed by atoms with Crippen molar-refractivity contribution < 1.29 is 24.2 Å². The molecule has 1 N–H and O–H groups in total. The lowest BCUT2D eigenvalue weighted by molar-refractivity contribution is -0.143. The van der Waals surface area contributed by atoms with E-state index in [0.717, 1.165) is 0 Å². The Bertz CT molecular complexity index is 397.